The molecule has 3 heteroatoms. The molecule has 2 aliphatic carbocycles. The summed E-state index contributed by atoms with van der Waals surface area (Å²) in [5, 5.41) is 7.30. The molecule has 2 N–H and O–H groups in total. The van der Waals surface area contributed by atoms with Crippen LogP contribution in [0.15, 0.2) is 53.3 Å². The number of nitrogens with zero attached hydrogens (tertiary/aromatic N) is 1. The van der Waals surface area contributed by atoms with Gasteiger partial charge in [0.2, 0.25) is 0 Å². The zero-order valence-corrected chi connectivity index (χ0v) is 18.4. The largest absolute Gasteiger partial charge is 0.382 e. The topological polar surface area (TPSA) is 36.4 Å². The first-order valence-electron chi connectivity index (χ1n) is 11.2. The monoisotopic (exact) mass is 383 g/mol. The summed E-state index contributed by atoms with van der Waals surface area (Å²) >= 11 is 0. The molecular formula is C25H41N3. The van der Waals surface area contributed by atoms with E-state index in [0.717, 1.165) is 35.1 Å². The highest BCUT2D eigenvalue weighted by molar-refractivity contribution is 5.85. The molecule has 2 saturated carbocycles. The minimum absolute atomic E-state index is 0.529. The van der Waals surface area contributed by atoms with Gasteiger partial charge in [-0.3, -0.25) is 4.99 Å². The highest BCUT2D eigenvalue weighted by atomic mass is 15.0. The number of aliphatic imine (C=N–C) groups is 1. The first kappa shape index (κ1) is 22.7. The van der Waals surface area contributed by atoms with Crippen molar-refractivity contribution in [3.8, 4) is 0 Å². The zero-order valence-electron chi connectivity index (χ0n) is 18.4. The highest BCUT2D eigenvalue weighted by Crippen LogP contribution is 2.24. The molecule has 2 aliphatic rings. The fraction of sp³-hybridized carbons (Fsp3) is 0.640. The molecule has 0 bridgehead atoms. The number of hydrogen-bond donors (Lipinski definition) is 2. The molecular weight excluding hydrogens is 342 g/mol. The Kier molecular flexibility index (Phi) is 9.77. The van der Waals surface area contributed by atoms with Gasteiger partial charge in [0.05, 0.1) is 5.70 Å². The maximum atomic E-state index is 4.90. The standard InChI is InChI=1S/C25H41N3/c1-6-7-16-25(21(4)22(5)28-23-13-9-8-10-14-23)27-20(3)18-26-24-15-11-12-19(2)17-24/h6-7,16,19,23-24,26,28H,4-5,8-15,17-18H2,1-3H3/b7-6-,25-16+,27-20?. The minimum atomic E-state index is 0.529. The van der Waals surface area contributed by atoms with Crippen LogP contribution >= 0.6 is 0 Å². The van der Waals surface area contributed by atoms with E-state index in [-0.39, 0.29) is 0 Å². The molecule has 2 atom stereocenters. The summed E-state index contributed by atoms with van der Waals surface area (Å²) in [5.74, 6) is 0.836. The van der Waals surface area contributed by atoms with Gasteiger partial charge in [-0.05, 0) is 51.5 Å². The van der Waals surface area contributed by atoms with Crippen LogP contribution in [0.1, 0.15) is 78.6 Å². The van der Waals surface area contributed by atoms with E-state index in [1.807, 2.05) is 25.2 Å². The van der Waals surface area contributed by atoms with Crippen molar-refractivity contribution in [2.45, 2.75) is 90.6 Å². The average molecular weight is 384 g/mol. The maximum Gasteiger partial charge on any atom is 0.0716 e. The summed E-state index contributed by atoms with van der Waals surface area (Å²) < 4.78 is 0. The molecule has 0 saturated heterocycles. The van der Waals surface area contributed by atoms with E-state index in [2.05, 4.69) is 37.6 Å². The summed E-state index contributed by atoms with van der Waals surface area (Å²) in [5.41, 5.74) is 3.81. The Morgan fingerprint density at radius 2 is 1.75 bits per heavy atom. The lowest BCUT2D eigenvalue weighted by atomic mass is 9.87. The second-order valence-electron chi connectivity index (χ2n) is 8.71. The van der Waals surface area contributed by atoms with Gasteiger partial charge in [-0.25, -0.2) is 0 Å². The molecule has 0 spiro atoms. The summed E-state index contributed by atoms with van der Waals surface area (Å²) in [4.78, 5) is 4.90. The van der Waals surface area contributed by atoms with E-state index in [1.165, 1.54) is 57.8 Å². The Labute approximate surface area is 173 Å². The Morgan fingerprint density at radius 1 is 1.04 bits per heavy atom. The quantitative estimate of drug-likeness (QED) is 0.374. The lowest BCUT2D eigenvalue weighted by Gasteiger charge is -2.27. The molecule has 28 heavy (non-hydrogen) atoms. The third-order valence-corrected chi connectivity index (χ3v) is 6.00. The molecule has 0 aliphatic heterocycles. The van der Waals surface area contributed by atoms with Gasteiger partial charge in [0, 0.05) is 35.6 Å². The van der Waals surface area contributed by atoms with Crippen LogP contribution in [0.3, 0.4) is 0 Å². The summed E-state index contributed by atoms with van der Waals surface area (Å²) in [6.07, 6.45) is 17.8. The summed E-state index contributed by atoms with van der Waals surface area (Å²) in [7, 11) is 0. The number of hydrogen-bond acceptors (Lipinski definition) is 3. The molecule has 0 amide bonds. The molecule has 2 fully saturated rings. The van der Waals surface area contributed by atoms with E-state index >= 15 is 0 Å². The molecule has 0 radical (unpaired) electrons. The lowest BCUT2D eigenvalue weighted by Crippen LogP contribution is -2.36. The van der Waals surface area contributed by atoms with Crippen molar-refractivity contribution in [2.75, 3.05) is 6.54 Å². The van der Waals surface area contributed by atoms with Crippen molar-refractivity contribution in [3.63, 3.8) is 0 Å². The van der Waals surface area contributed by atoms with Gasteiger partial charge in [0.15, 0.2) is 0 Å². The highest BCUT2D eigenvalue weighted by Gasteiger charge is 2.18. The molecule has 0 aromatic heterocycles. The van der Waals surface area contributed by atoms with Crippen molar-refractivity contribution in [1.29, 1.82) is 0 Å². The van der Waals surface area contributed by atoms with Crippen LogP contribution in [0.25, 0.3) is 0 Å². The van der Waals surface area contributed by atoms with Gasteiger partial charge in [0.1, 0.15) is 0 Å². The Bertz CT molecular complexity index is 605. The normalized spacial score (nSPS) is 25.1. The van der Waals surface area contributed by atoms with E-state index in [0.29, 0.717) is 12.1 Å². The first-order valence-corrected chi connectivity index (χ1v) is 11.2. The molecule has 3 nitrogen and oxygen atoms in total. The first-order chi connectivity index (χ1) is 13.5. The van der Waals surface area contributed by atoms with E-state index in [9.17, 15) is 0 Å². The van der Waals surface area contributed by atoms with Crippen LogP contribution in [-0.2, 0) is 0 Å². The van der Waals surface area contributed by atoms with Crippen LogP contribution < -0.4 is 10.6 Å². The Hall–Kier alpha value is -1.61. The fourth-order valence-electron chi connectivity index (χ4n) is 4.28. The van der Waals surface area contributed by atoms with Gasteiger partial charge in [-0.2, -0.15) is 0 Å². The van der Waals surface area contributed by atoms with Gasteiger partial charge in [-0.1, -0.05) is 64.3 Å². The van der Waals surface area contributed by atoms with Crippen molar-refractivity contribution in [2.24, 2.45) is 10.9 Å². The second-order valence-corrected chi connectivity index (χ2v) is 8.71. The van der Waals surface area contributed by atoms with Gasteiger partial charge >= 0.3 is 0 Å². The van der Waals surface area contributed by atoms with Crippen molar-refractivity contribution in [1.82, 2.24) is 10.6 Å². The maximum absolute atomic E-state index is 4.90. The molecule has 0 aromatic rings. The molecule has 0 heterocycles. The van der Waals surface area contributed by atoms with Crippen molar-refractivity contribution >= 4 is 5.71 Å². The molecule has 156 valence electrons. The summed E-state index contributed by atoms with van der Waals surface area (Å²) in [6, 6.07) is 1.16. The van der Waals surface area contributed by atoms with E-state index in [4.69, 9.17) is 4.99 Å². The lowest BCUT2D eigenvalue weighted by molar-refractivity contribution is 0.310. The Balaban J connectivity index is 1.95. The molecule has 0 aromatic carbocycles. The summed E-state index contributed by atoms with van der Waals surface area (Å²) in [6.45, 7) is 15.9. The van der Waals surface area contributed by atoms with Crippen LogP contribution in [0.4, 0.5) is 0 Å². The van der Waals surface area contributed by atoms with Crippen LogP contribution in [-0.4, -0.2) is 24.3 Å². The van der Waals surface area contributed by atoms with E-state index < -0.39 is 0 Å². The predicted molar refractivity (Wildman–Crippen MR) is 124 cm³/mol. The predicted octanol–water partition coefficient (Wildman–Crippen LogP) is 6.07. The van der Waals surface area contributed by atoms with Crippen LogP contribution in [0.5, 0.6) is 0 Å². The minimum Gasteiger partial charge on any atom is -0.382 e. The average Bonchev–Trinajstić information content (AvgIpc) is 2.70. The number of allylic oxidation sites excluding steroid dienone is 3. The Morgan fingerprint density at radius 3 is 2.43 bits per heavy atom. The van der Waals surface area contributed by atoms with Gasteiger partial charge in [0.25, 0.3) is 0 Å². The SMILES string of the molecule is C=C(NC1CCCCC1)C(=C)/C(=C\C=C/C)N=C(C)CNC1CCCC(C)C1. The molecule has 2 rings (SSSR count). The van der Waals surface area contributed by atoms with Crippen molar-refractivity contribution < 1.29 is 0 Å². The smallest absolute Gasteiger partial charge is 0.0716 e. The zero-order chi connectivity index (χ0) is 20.4. The second kappa shape index (κ2) is 12.1. The van der Waals surface area contributed by atoms with Crippen LogP contribution in [0, 0.1) is 5.92 Å². The van der Waals surface area contributed by atoms with Gasteiger partial charge < -0.3 is 10.6 Å². The van der Waals surface area contributed by atoms with Crippen molar-refractivity contribution in [3.05, 3.63) is 48.4 Å². The van der Waals surface area contributed by atoms with Gasteiger partial charge in [-0.15, -0.1) is 0 Å². The number of rotatable bonds is 9. The van der Waals surface area contributed by atoms with E-state index in [1.54, 1.807) is 0 Å². The molecule has 2 unspecified atom stereocenters. The fourth-order valence-corrected chi connectivity index (χ4v) is 4.28. The third kappa shape index (κ3) is 7.79. The third-order valence-electron chi connectivity index (χ3n) is 6.00. The number of nitrogens with one attached hydrogen (secondary N) is 2. The van der Waals surface area contributed by atoms with Crippen LogP contribution in [0.2, 0.25) is 0 Å².